The van der Waals surface area contributed by atoms with Crippen molar-refractivity contribution in [3.63, 3.8) is 0 Å². The number of hydrogen-bond acceptors (Lipinski definition) is 4. The third kappa shape index (κ3) is 4.85. The summed E-state index contributed by atoms with van der Waals surface area (Å²) in [5, 5.41) is 21.0. The number of amides is 1. The normalized spacial score (nSPS) is 19.5. The first-order valence-corrected chi connectivity index (χ1v) is 12.7. The highest BCUT2D eigenvalue weighted by atomic mass is 28.4. The highest BCUT2D eigenvalue weighted by Crippen LogP contribution is 2.39. The summed E-state index contributed by atoms with van der Waals surface area (Å²) in [5.41, 5.74) is 0. The molecule has 0 saturated carbocycles. The fourth-order valence-electron chi connectivity index (χ4n) is 4.58. The summed E-state index contributed by atoms with van der Waals surface area (Å²) in [7, 11) is -2.79. The van der Waals surface area contributed by atoms with Gasteiger partial charge in [0.15, 0.2) is 0 Å². The minimum atomic E-state index is -2.79. The Balaban J connectivity index is 2.07. The smallest absolute Gasteiger partial charge is 0.407 e. The molecule has 1 amide bonds. The van der Waals surface area contributed by atoms with Crippen LogP contribution in [0.1, 0.15) is 27.2 Å². The number of aliphatic hydroxyl groups is 1. The molecule has 2 aromatic rings. The minimum absolute atomic E-state index is 0.0972. The number of rotatable bonds is 8. The van der Waals surface area contributed by atoms with E-state index in [1.54, 1.807) is 0 Å². The molecule has 1 fully saturated rings. The van der Waals surface area contributed by atoms with E-state index < -0.39 is 20.5 Å². The molecular weight excluding hydrogens is 410 g/mol. The first kappa shape index (κ1) is 23.5. The number of carboxylic acid groups (broad SMARTS) is 1. The predicted molar refractivity (Wildman–Crippen MR) is 124 cm³/mol. The fraction of sp³-hybridized carbons (Fsp3) is 0.458. The number of hydrogen-bond donors (Lipinski definition) is 2. The van der Waals surface area contributed by atoms with E-state index >= 15 is 0 Å². The van der Waals surface area contributed by atoms with E-state index in [1.165, 1.54) is 4.90 Å². The topological polar surface area (TPSA) is 79.2 Å². The zero-order chi connectivity index (χ0) is 22.5. The van der Waals surface area contributed by atoms with Gasteiger partial charge in [0, 0.05) is 6.54 Å². The van der Waals surface area contributed by atoms with E-state index in [0.717, 1.165) is 10.4 Å². The van der Waals surface area contributed by atoms with Crippen molar-refractivity contribution >= 4 is 24.8 Å². The van der Waals surface area contributed by atoms with Crippen molar-refractivity contribution in [3.8, 4) is 0 Å². The van der Waals surface area contributed by atoms with Gasteiger partial charge in [-0.2, -0.15) is 0 Å². The zero-order valence-corrected chi connectivity index (χ0v) is 19.5. The molecule has 168 valence electrons. The molecule has 7 heteroatoms. The third-order valence-corrected chi connectivity index (χ3v) is 11.1. The first-order valence-electron chi connectivity index (χ1n) is 10.8. The van der Waals surface area contributed by atoms with Crippen LogP contribution in [0.5, 0.6) is 0 Å². The predicted octanol–water partition coefficient (Wildman–Crippen LogP) is 2.69. The van der Waals surface area contributed by atoms with Crippen molar-refractivity contribution in [2.45, 2.75) is 44.4 Å². The molecule has 6 nitrogen and oxygen atoms in total. The number of likely N-dealkylation sites (tertiary alicyclic amines) is 1. The van der Waals surface area contributed by atoms with Crippen molar-refractivity contribution in [1.29, 1.82) is 0 Å². The van der Waals surface area contributed by atoms with Gasteiger partial charge >= 0.3 is 6.09 Å². The Labute approximate surface area is 185 Å². The van der Waals surface area contributed by atoms with Gasteiger partial charge in [0.2, 0.25) is 0 Å². The summed E-state index contributed by atoms with van der Waals surface area (Å²) in [6, 6.07) is 20.3. The average molecular weight is 444 g/mol. The molecule has 0 radical (unpaired) electrons. The van der Waals surface area contributed by atoms with Crippen LogP contribution in [0.4, 0.5) is 4.79 Å². The Morgan fingerprint density at radius 3 is 2.06 bits per heavy atom. The Hall–Kier alpha value is -2.19. The van der Waals surface area contributed by atoms with Gasteiger partial charge in [-0.05, 0) is 21.8 Å². The highest BCUT2D eigenvalue weighted by Gasteiger charge is 2.53. The standard InChI is InChI=1S/C24H33NO5Si/c1-24(2,3)31(19-10-6-4-7-11-19,20-12-8-5-9-13-20)30-22-14-15-25(23(27)28)21(22)18-29-17-16-26/h4-13,21-22,26H,14-18H2,1-3H3,(H,27,28)/t21-,22+/m1/s1. The number of nitrogens with zero attached hydrogens (tertiary/aromatic N) is 1. The molecule has 0 bridgehead atoms. The third-order valence-electron chi connectivity index (χ3n) is 6.00. The van der Waals surface area contributed by atoms with Crippen LogP contribution in [-0.2, 0) is 9.16 Å². The molecule has 0 spiro atoms. The van der Waals surface area contributed by atoms with E-state index in [4.69, 9.17) is 14.3 Å². The fourth-order valence-corrected chi connectivity index (χ4v) is 9.33. The van der Waals surface area contributed by atoms with Crippen LogP contribution in [0, 0.1) is 0 Å². The van der Waals surface area contributed by atoms with Crippen LogP contribution in [0.25, 0.3) is 0 Å². The maximum Gasteiger partial charge on any atom is 0.407 e. The maximum atomic E-state index is 11.9. The van der Waals surface area contributed by atoms with Crippen LogP contribution in [0.15, 0.2) is 60.7 Å². The summed E-state index contributed by atoms with van der Waals surface area (Å²) < 4.78 is 12.7. The quantitative estimate of drug-likeness (QED) is 0.484. The second-order valence-electron chi connectivity index (χ2n) is 8.95. The Bertz CT molecular complexity index is 801. The zero-order valence-electron chi connectivity index (χ0n) is 18.5. The number of carbonyl (C=O) groups is 1. The Kier molecular flexibility index (Phi) is 7.54. The molecule has 3 rings (SSSR count). The number of benzene rings is 2. The molecule has 2 atom stereocenters. The van der Waals surface area contributed by atoms with Crippen LogP contribution >= 0.6 is 0 Å². The molecule has 2 aromatic carbocycles. The second kappa shape index (κ2) is 9.95. The van der Waals surface area contributed by atoms with Crippen molar-refractivity contribution in [2.75, 3.05) is 26.4 Å². The highest BCUT2D eigenvalue weighted by molar-refractivity contribution is 6.99. The maximum absolute atomic E-state index is 11.9. The Morgan fingerprint density at radius 2 is 1.61 bits per heavy atom. The van der Waals surface area contributed by atoms with E-state index in [1.807, 2.05) is 36.4 Å². The lowest BCUT2D eigenvalue weighted by Gasteiger charge is -2.45. The lowest BCUT2D eigenvalue weighted by atomic mass is 10.2. The van der Waals surface area contributed by atoms with Crippen LogP contribution in [0.2, 0.25) is 5.04 Å². The van der Waals surface area contributed by atoms with Gasteiger partial charge < -0.3 is 24.3 Å². The Morgan fingerprint density at radius 1 is 1.06 bits per heavy atom. The van der Waals surface area contributed by atoms with Crippen molar-refractivity contribution in [1.82, 2.24) is 4.90 Å². The van der Waals surface area contributed by atoms with Crippen molar-refractivity contribution < 1.29 is 24.2 Å². The summed E-state index contributed by atoms with van der Waals surface area (Å²) in [4.78, 5) is 13.3. The molecular formula is C24H33NO5Si. The van der Waals surface area contributed by atoms with E-state index in [9.17, 15) is 9.90 Å². The number of ether oxygens (including phenoxy) is 1. The van der Waals surface area contributed by atoms with Crippen LogP contribution < -0.4 is 10.4 Å². The van der Waals surface area contributed by atoms with Gasteiger partial charge in [-0.1, -0.05) is 81.4 Å². The first-order chi connectivity index (χ1) is 14.8. The molecule has 31 heavy (non-hydrogen) atoms. The lowest BCUT2D eigenvalue weighted by molar-refractivity contribution is 0.0236. The summed E-state index contributed by atoms with van der Waals surface area (Å²) in [6.45, 7) is 7.32. The van der Waals surface area contributed by atoms with E-state index in [-0.39, 0.29) is 31.0 Å². The SMILES string of the molecule is CC(C)(C)[Si](O[C@H]1CCN(C(=O)O)[C@@H]1COCCO)(c1ccccc1)c1ccccc1. The number of aliphatic hydroxyl groups excluding tert-OH is 1. The van der Waals surface area contributed by atoms with Gasteiger partial charge in [-0.15, -0.1) is 0 Å². The minimum Gasteiger partial charge on any atom is -0.465 e. The second-order valence-corrected chi connectivity index (χ2v) is 13.2. The molecule has 1 heterocycles. The largest absolute Gasteiger partial charge is 0.465 e. The average Bonchev–Trinajstić information content (AvgIpc) is 3.15. The van der Waals surface area contributed by atoms with Gasteiger partial charge in [0.25, 0.3) is 8.32 Å². The monoisotopic (exact) mass is 443 g/mol. The summed E-state index contributed by atoms with van der Waals surface area (Å²) >= 11 is 0. The molecule has 1 aliphatic rings. The van der Waals surface area contributed by atoms with E-state index in [2.05, 4.69) is 45.0 Å². The molecule has 0 aromatic heterocycles. The van der Waals surface area contributed by atoms with Gasteiger partial charge in [-0.25, -0.2) is 4.79 Å². The van der Waals surface area contributed by atoms with Gasteiger partial charge in [0.1, 0.15) is 0 Å². The molecule has 1 saturated heterocycles. The molecule has 0 aliphatic carbocycles. The lowest BCUT2D eigenvalue weighted by Crippen LogP contribution is -2.68. The molecule has 1 aliphatic heterocycles. The van der Waals surface area contributed by atoms with Gasteiger partial charge in [-0.3, -0.25) is 0 Å². The van der Waals surface area contributed by atoms with E-state index in [0.29, 0.717) is 13.0 Å². The summed E-state index contributed by atoms with van der Waals surface area (Å²) in [6.07, 6.45) is -0.642. The van der Waals surface area contributed by atoms with Gasteiger partial charge in [0.05, 0.1) is 32.0 Å². The van der Waals surface area contributed by atoms with Crippen molar-refractivity contribution in [2.24, 2.45) is 0 Å². The molecule has 2 N–H and O–H groups in total. The van der Waals surface area contributed by atoms with Crippen LogP contribution in [-0.4, -0.2) is 68.0 Å². The molecule has 0 unspecified atom stereocenters. The van der Waals surface area contributed by atoms with Crippen LogP contribution in [0.3, 0.4) is 0 Å². The van der Waals surface area contributed by atoms with Crippen molar-refractivity contribution in [3.05, 3.63) is 60.7 Å². The summed E-state index contributed by atoms with van der Waals surface area (Å²) in [5.74, 6) is 0.